The van der Waals surface area contributed by atoms with E-state index in [2.05, 4.69) is 5.32 Å². The summed E-state index contributed by atoms with van der Waals surface area (Å²) in [5.41, 5.74) is 1.80. The zero-order valence-corrected chi connectivity index (χ0v) is 18.8. The monoisotopic (exact) mass is 468 g/mol. The Hall–Kier alpha value is -3.58. The molecule has 1 aliphatic heterocycles. The Morgan fingerprint density at radius 2 is 1.61 bits per heavy atom. The lowest BCUT2D eigenvalue weighted by molar-refractivity contribution is -0.122. The number of ether oxygens (including phenoxy) is 2. The maximum atomic E-state index is 13.5. The number of halogens is 2. The predicted octanol–water partition coefficient (Wildman–Crippen LogP) is 5.23. The molecule has 0 spiro atoms. The molecule has 170 valence electrons. The molecule has 1 aliphatic rings. The van der Waals surface area contributed by atoms with E-state index in [1.54, 1.807) is 55.5 Å². The first-order valence-electron chi connectivity index (χ1n) is 10.3. The molecule has 1 saturated heterocycles. The van der Waals surface area contributed by atoms with E-state index in [0.717, 1.165) is 5.56 Å². The molecule has 1 heterocycles. The Bertz CT molecular complexity index is 1170. The highest BCUT2D eigenvalue weighted by molar-refractivity contribution is 6.31. The van der Waals surface area contributed by atoms with Crippen LogP contribution in [0.15, 0.2) is 66.7 Å². The van der Waals surface area contributed by atoms with Crippen LogP contribution in [0.2, 0.25) is 5.02 Å². The molecule has 0 saturated carbocycles. The summed E-state index contributed by atoms with van der Waals surface area (Å²) in [6.07, 6.45) is 0.0173. The number of hydrogen-bond acceptors (Lipinski definition) is 4. The van der Waals surface area contributed by atoms with E-state index in [1.165, 1.54) is 18.2 Å². The van der Waals surface area contributed by atoms with Gasteiger partial charge in [-0.15, -0.1) is 0 Å². The van der Waals surface area contributed by atoms with Crippen LogP contribution in [0.3, 0.4) is 0 Å². The summed E-state index contributed by atoms with van der Waals surface area (Å²) in [5, 5.41) is 2.68. The number of benzene rings is 3. The average Bonchev–Trinajstić information content (AvgIpc) is 3.18. The van der Waals surface area contributed by atoms with Crippen LogP contribution in [-0.4, -0.2) is 26.0 Å². The number of anilines is 2. The molecule has 6 nitrogen and oxygen atoms in total. The van der Waals surface area contributed by atoms with Crippen LogP contribution < -0.4 is 19.7 Å². The number of hydrogen-bond donors (Lipinski definition) is 1. The van der Waals surface area contributed by atoms with Gasteiger partial charge in [0.2, 0.25) is 11.8 Å². The molecule has 1 fully saturated rings. The van der Waals surface area contributed by atoms with Gasteiger partial charge in [0.15, 0.2) is 0 Å². The van der Waals surface area contributed by atoms with E-state index < -0.39 is 17.8 Å². The predicted molar refractivity (Wildman–Crippen MR) is 124 cm³/mol. The summed E-state index contributed by atoms with van der Waals surface area (Å²) in [5.74, 6) is -0.472. The van der Waals surface area contributed by atoms with Crippen LogP contribution in [0.5, 0.6) is 11.5 Å². The number of methoxy groups -OCH3 is 2. The van der Waals surface area contributed by atoms with Crippen LogP contribution >= 0.6 is 11.6 Å². The molecule has 0 aliphatic carbocycles. The molecule has 3 aromatic carbocycles. The Balaban J connectivity index is 1.70. The summed E-state index contributed by atoms with van der Waals surface area (Å²) >= 11 is 5.85. The molecule has 0 aromatic heterocycles. The third kappa shape index (κ3) is 4.64. The van der Waals surface area contributed by atoms with Gasteiger partial charge in [-0.1, -0.05) is 23.7 Å². The second-order valence-corrected chi connectivity index (χ2v) is 8.02. The van der Waals surface area contributed by atoms with Gasteiger partial charge in [-0.25, -0.2) is 4.39 Å². The zero-order chi connectivity index (χ0) is 23.5. The molecular weight excluding hydrogens is 447 g/mol. The lowest BCUT2D eigenvalue weighted by Gasteiger charge is -2.28. The molecule has 2 atom stereocenters. The van der Waals surface area contributed by atoms with Crippen molar-refractivity contribution in [3.63, 3.8) is 0 Å². The van der Waals surface area contributed by atoms with Crippen molar-refractivity contribution in [2.24, 2.45) is 5.92 Å². The molecule has 1 N–H and O–H groups in total. The highest BCUT2D eigenvalue weighted by Crippen LogP contribution is 2.42. The van der Waals surface area contributed by atoms with Gasteiger partial charge in [0.25, 0.3) is 0 Å². The van der Waals surface area contributed by atoms with Crippen LogP contribution in [-0.2, 0) is 9.59 Å². The van der Waals surface area contributed by atoms with E-state index in [1.807, 2.05) is 12.1 Å². The summed E-state index contributed by atoms with van der Waals surface area (Å²) in [6, 6.07) is 17.8. The molecule has 3 aromatic rings. The zero-order valence-electron chi connectivity index (χ0n) is 18.0. The Labute approximate surface area is 195 Å². The number of rotatable bonds is 6. The van der Waals surface area contributed by atoms with Crippen LogP contribution in [0.4, 0.5) is 15.8 Å². The van der Waals surface area contributed by atoms with Crippen molar-refractivity contribution >= 4 is 34.8 Å². The summed E-state index contributed by atoms with van der Waals surface area (Å²) < 4.78 is 24.0. The normalized spacial score (nSPS) is 17.7. The third-order valence-electron chi connectivity index (χ3n) is 5.65. The largest absolute Gasteiger partial charge is 0.497 e. The minimum atomic E-state index is -0.683. The maximum absolute atomic E-state index is 13.5. The molecule has 4 rings (SSSR count). The maximum Gasteiger partial charge on any atom is 0.230 e. The van der Waals surface area contributed by atoms with Crippen molar-refractivity contribution in [3.05, 3.63) is 83.1 Å². The number of amides is 2. The van der Waals surface area contributed by atoms with Crippen molar-refractivity contribution in [1.82, 2.24) is 0 Å². The average molecular weight is 469 g/mol. The lowest BCUT2D eigenvalue weighted by atomic mass is 9.92. The minimum Gasteiger partial charge on any atom is -0.497 e. The highest BCUT2D eigenvalue weighted by Gasteiger charge is 2.45. The van der Waals surface area contributed by atoms with Gasteiger partial charge >= 0.3 is 0 Å². The van der Waals surface area contributed by atoms with Crippen molar-refractivity contribution < 1.29 is 23.5 Å². The molecule has 2 amide bonds. The number of nitrogens with one attached hydrogen (secondary N) is 1. The number of carbonyl (C=O) groups is 2. The molecule has 8 heteroatoms. The quantitative estimate of drug-likeness (QED) is 0.538. The fourth-order valence-electron chi connectivity index (χ4n) is 4.01. The molecular formula is C25H22ClFN2O4. The Morgan fingerprint density at radius 3 is 2.18 bits per heavy atom. The van der Waals surface area contributed by atoms with Crippen molar-refractivity contribution in [3.8, 4) is 11.5 Å². The summed E-state index contributed by atoms with van der Waals surface area (Å²) in [4.78, 5) is 28.0. The first kappa shape index (κ1) is 22.6. The van der Waals surface area contributed by atoms with E-state index in [0.29, 0.717) is 22.9 Å². The van der Waals surface area contributed by atoms with E-state index in [9.17, 15) is 14.0 Å². The van der Waals surface area contributed by atoms with Crippen LogP contribution in [0.1, 0.15) is 18.0 Å². The standard InChI is InChI=1S/C25H22ClFN2O4/c1-32-18-8-3-15(4-9-18)24-20(25(31)28-16-5-12-22(27)21(26)13-16)14-23(30)29(24)17-6-10-19(33-2)11-7-17/h3-13,20,24H,14H2,1-2H3,(H,28,31)/t20-,24+/m1/s1. The van der Waals surface area contributed by atoms with E-state index >= 15 is 0 Å². The fourth-order valence-corrected chi connectivity index (χ4v) is 4.19. The van der Waals surface area contributed by atoms with Crippen molar-refractivity contribution in [2.45, 2.75) is 12.5 Å². The Morgan fingerprint density at radius 1 is 1.00 bits per heavy atom. The third-order valence-corrected chi connectivity index (χ3v) is 5.94. The number of nitrogens with zero attached hydrogens (tertiary/aromatic N) is 1. The van der Waals surface area contributed by atoms with Gasteiger partial charge in [-0.3, -0.25) is 9.59 Å². The molecule has 0 bridgehead atoms. The van der Waals surface area contributed by atoms with Gasteiger partial charge in [-0.05, 0) is 60.2 Å². The SMILES string of the molecule is COc1ccc([C@H]2[C@H](C(=O)Nc3ccc(F)c(Cl)c3)CC(=O)N2c2ccc(OC)cc2)cc1. The molecule has 0 unspecified atom stereocenters. The van der Waals surface area contributed by atoms with Gasteiger partial charge < -0.3 is 19.7 Å². The van der Waals surface area contributed by atoms with Crippen molar-refractivity contribution in [1.29, 1.82) is 0 Å². The second kappa shape index (κ2) is 9.50. The first-order chi connectivity index (χ1) is 15.9. The van der Waals surface area contributed by atoms with Gasteiger partial charge in [-0.2, -0.15) is 0 Å². The molecule has 0 radical (unpaired) electrons. The lowest BCUT2D eigenvalue weighted by Crippen LogP contribution is -2.32. The van der Waals surface area contributed by atoms with Gasteiger partial charge in [0, 0.05) is 17.8 Å². The summed E-state index contributed by atoms with van der Waals surface area (Å²) in [6.45, 7) is 0. The highest BCUT2D eigenvalue weighted by atomic mass is 35.5. The van der Waals surface area contributed by atoms with E-state index in [4.69, 9.17) is 21.1 Å². The smallest absolute Gasteiger partial charge is 0.230 e. The van der Waals surface area contributed by atoms with Crippen LogP contribution in [0.25, 0.3) is 0 Å². The minimum absolute atomic E-state index is 0.0173. The fraction of sp³-hybridized carbons (Fsp3) is 0.200. The first-order valence-corrected chi connectivity index (χ1v) is 10.6. The summed E-state index contributed by atoms with van der Waals surface area (Å²) in [7, 11) is 3.14. The van der Waals surface area contributed by atoms with Gasteiger partial charge in [0.1, 0.15) is 17.3 Å². The second-order valence-electron chi connectivity index (χ2n) is 7.61. The van der Waals surface area contributed by atoms with Crippen LogP contribution in [0, 0.1) is 11.7 Å². The van der Waals surface area contributed by atoms with E-state index in [-0.39, 0.29) is 23.3 Å². The topological polar surface area (TPSA) is 67.9 Å². The van der Waals surface area contributed by atoms with Crippen molar-refractivity contribution in [2.75, 3.05) is 24.4 Å². The number of carbonyl (C=O) groups excluding carboxylic acids is 2. The Kier molecular flexibility index (Phi) is 6.51. The van der Waals surface area contributed by atoms with Gasteiger partial charge in [0.05, 0.1) is 31.2 Å². The molecule has 33 heavy (non-hydrogen) atoms.